The molecule has 0 aliphatic carbocycles. The molecule has 0 bridgehead atoms. The van der Waals surface area contributed by atoms with Crippen molar-refractivity contribution in [2.45, 2.75) is 25.8 Å². The number of halogens is 1. The van der Waals surface area contributed by atoms with Crippen LogP contribution in [0.25, 0.3) is 0 Å². The number of carbonyl (C=O) groups is 1. The van der Waals surface area contributed by atoms with Gasteiger partial charge in [0, 0.05) is 23.2 Å². The van der Waals surface area contributed by atoms with Crippen LogP contribution in [0.15, 0.2) is 24.3 Å². The molecule has 7 nitrogen and oxygen atoms in total. The Morgan fingerprint density at radius 3 is 2.28 bits per heavy atom. The molecule has 2 aromatic carbocycles. The second-order valence-electron chi connectivity index (χ2n) is 7.65. The summed E-state index contributed by atoms with van der Waals surface area (Å²) in [5, 5.41) is 3.01. The molecule has 2 aromatic rings. The largest absolute Gasteiger partial charge is 0.493 e. The Hall–Kier alpha value is -2.20. The molecule has 32 heavy (non-hydrogen) atoms. The standard InChI is InChI=1S/C24H31IN2O5/c1-29-20-11-16-7-10-27(15-17(16)12-21(20)30-2)9-6-5-8-26-24(28)19-13-18(25)14-22(31-3)23(19)32-4/h11-14H,5-10,15H2,1-4H3,(H,26,28)/i25-3. The summed E-state index contributed by atoms with van der Waals surface area (Å²) in [7, 11) is 6.45. The van der Waals surface area contributed by atoms with Gasteiger partial charge in [-0.2, -0.15) is 0 Å². The number of hydrogen-bond acceptors (Lipinski definition) is 6. The van der Waals surface area contributed by atoms with E-state index in [9.17, 15) is 4.79 Å². The van der Waals surface area contributed by atoms with Crippen molar-refractivity contribution in [2.24, 2.45) is 0 Å². The number of hydrogen-bond donors (Lipinski definition) is 1. The van der Waals surface area contributed by atoms with E-state index in [1.54, 1.807) is 28.4 Å². The molecule has 1 aliphatic rings. The maximum Gasteiger partial charge on any atom is 0.255 e. The van der Waals surface area contributed by atoms with Crippen LogP contribution in [0.3, 0.4) is 0 Å². The van der Waals surface area contributed by atoms with E-state index in [1.807, 2.05) is 12.1 Å². The fourth-order valence-corrected chi connectivity index (χ4v) is 4.58. The van der Waals surface area contributed by atoms with Gasteiger partial charge in [0.05, 0.1) is 34.0 Å². The Balaban J connectivity index is 1.48. The Morgan fingerprint density at radius 1 is 0.938 bits per heavy atom. The Labute approximate surface area is 203 Å². The molecule has 0 unspecified atom stereocenters. The van der Waals surface area contributed by atoms with E-state index in [0.717, 1.165) is 54.0 Å². The lowest BCUT2D eigenvalue weighted by Gasteiger charge is -2.29. The minimum absolute atomic E-state index is 0.147. The fourth-order valence-electron chi connectivity index (χ4n) is 3.99. The molecule has 1 N–H and O–H groups in total. The third-order valence-corrected chi connectivity index (χ3v) is 6.29. The van der Waals surface area contributed by atoms with Crippen LogP contribution in [0, 0.1) is 3.57 Å². The highest BCUT2D eigenvalue weighted by Gasteiger charge is 2.20. The highest BCUT2D eigenvalue weighted by molar-refractivity contribution is 14.1. The molecule has 3 rings (SSSR count). The first-order valence-corrected chi connectivity index (χ1v) is 11.7. The maximum absolute atomic E-state index is 12.7. The van der Waals surface area contributed by atoms with Gasteiger partial charge in [0.25, 0.3) is 5.91 Å². The highest BCUT2D eigenvalue weighted by Crippen LogP contribution is 2.34. The lowest BCUT2D eigenvalue weighted by atomic mass is 9.98. The first kappa shape index (κ1) is 24.4. The summed E-state index contributed by atoms with van der Waals surface area (Å²) in [4.78, 5) is 15.1. The summed E-state index contributed by atoms with van der Waals surface area (Å²) in [6.07, 6.45) is 2.92. The summed E-state index contributed by atoms with van der Waals surface area (Å²) in [5.74, 6) is 2.44. The summed E-state index contributed by atoms with van der Waals surface area (Å²) in [5.41, 5.74) is 3.11. The second kappa shape index (κ2) is 11.6. The van der Waals surface area contributed by atoms with Gasteiger partial charge in [-0.05, 0) is 83.8 Å². The summed E-state index contributed by atoms with van der Waals surface area (Å²) in [6.45, 7) is 3.53. The fraction of sp³-hybridized carbons (Fsp3) is 0.458. The van der Waals surface area contributed by atoms with Gasteiger partial charge in [-0.3, -0.25) is 9.69 Å². The van der Waals surface area contributed by atoms with Crippen LogP contribution in [0.5, 0.6) is 23.0 Å². The molecule has 174 valence electrons. The van der Waals surface area contributed by atoms with Crippen LogP contribution in [0.1, 0.15) is 34.3 Å². The quantitative estimate of drug-likeness (QED) is 0.357. The molecule has 0 saturated heterocycles. The van der Waals surface area contributed by atoms with Crippen LogP contribution in [0.2, 0.25) is 0 Å². The van der Waals surface area contributed by atoms with Crippen molar-refractivity contribution in [1.82, 2.24) is 10.2 Å². The first-order valence-electron chi connectivity index (χ1n) is 10.7. The van der Waals surface area contributed by atoms with Crippen molar-refractivity contribution >= 4 is 28.5 Å². The smallest absolute Gasteiger partial charge is 0.255 e. The van der Waals surface area contributed by atoms with E-state index in [0.29, 0.717) is 23.6 Å². The summed E-state index contributed by atoms with van der Waals surface area (Å²) >= 11 is 2.17. The van der Waals surface area contributed by atoms with Crippen LogP contribution in [-0.4, -0.2) is 58.9 Å². The Kier molecular flexibility index (Phi) is 8.86. The Morgan fingerprint density at radius 2 is 1.62 bits per heavy atom. The summed E-state index contributed by atoms with van der Waals surface area (Å²) in [6, 6.07) is 7.84. The average Bonchev–Trinajstić information content (AvgIpc) is 2.81. The lowest BCUT2D eigenvalue weighted by Crippen LogP contribution is -2.32. The predicted molar refractivity (Wildman–Crippen MR) is 132 cm³/mol. The van der Waals surface area contributed by atoms with Gasteiger partial charge in [0.1, 0.15) is 0 Å². The van der Waals surface area contributed by atoms with E-state index in [1.165, 1.54) is 11.1 Å². The molecule has 0 aromatic heterocycles. The molecule has 1 amide bonds. The number of nitrogens with one attached hydrogen (secondary N) is 1. The molecule has 1 aliphatic heterocycles. The van der Waals surface area contributed by atoms with Crippen molar-refractivity contribution < 1.29 is 23.7 Å². The Bertz CT molecular complexity index is 950. The van der Waals surface area contributed by atoms with E-state index in [4.69, 9.17) is 18.9 Å². The predicted octanol–water partition coefficient (Wildman–Crippen LogP) is 3.89. The highest BCUT2D eigenvalue weighted by atomic mass is 124. The second-order valence-corrected chi connectivity index (χ2v) is 8.90. The van der Waals surface area contributed by atoms with E-state index in [2.05, 4.69) is 44.9 Å². The number of carbonyl (C=O) groups excluding carboxylic acids is 1. The number of benzene rings is 2. The summed E-state index contributed by atoms with van der Waals surface area (Å²) < 4.78 is 22.5. The molecule has 0 fully saturated rings. The van der Waals surface area contributed by atoms with Crippen LogP contribution in [-0.2, 0) is 13.0 Å². The van der Waals surface area contributed by atoms with Gasteiger partial charge in [0.2, 0.25) is 0 Å². The molecule has 1 heterocycles. The topological polar surface area (TPSA) is 69.3 Å². The number of fused-ring (bicyclic) bond motifs is 1. The average molecular weight is 551 g/mol. The normalized spacial score (nSPS) is 13.3. The van der Waals surface area contributed by atoms with Crippen molar-refractivity contribution in [1.29, 1.82) is 0 Å². The van der Waals surface area contributed by atoms with Crippen molar-refractivity contribution in [2.75, 3.05) is 48.1 Å². The zero-order chi connectivity index (χ0) is 23.1. The van der Waals surface area contributed by atoms with Crippen molar-refractivity contribution in [3.05, 3.63) is 44.5 Å². The molecule has 8 heteroatoms. The maximum atomic E-state index is 12.7. The van der Waals surface area contributed by atoms with Gasteiger partial charge < -0.3 is 24.3 Å². The molecular formula is C24H31IN2O5. The van der Waals surface area contributed by atoms with E-state index < -0.39 is 0 Å². The van der Waals surface area contributed by atoms with Gasteiger partial charge >= 0.3 is 0 Å². The van der Waals surface area contributed by atoms with E-state index in [-0.39, 0.29) is 5.91 Å². The molecular weight excluding hydrogens is 520 g/mol. The van der Waals surface area contributed by atoms with Gasteiger partial charge in [-0.15, -0.1) is 0 Å². The number of unbranched alkanes of at least 4 members (excludes halogenated alkanes) is 1. The van der Waals surface area contributed by atoms with Crippen LogP contribution < -0.4 is 24.3 Å². The van der Waals surface area contributed by atoms with Gasteiger partial charge in [-0.25, -0.2) is 0 Å². The van der Waals surface area contributed by atoms with Crippen LogP contribution in [0.4, 0.5) is 0 Å². The number of amides is 1. The number of rotatable bonds is 10. The number of methoxy groups -OCH3 is 4. The molecule has 0 spiro atoms. The monoisotopic (exact) mass is 551 g/mol. The minimum Gasteiger partial charge on any atom is -0.493 e. The van der Waals surface area contributed by atoms with Crippen molar-refractivity contribution in [3.63, 3.8) is 0 Å². The zero-order valence-corrected chi connectivity index (χ0v) is 21.3. The number of nitrogens with zero attached hydrogens (tertiary/aromatic N) is 1. The van der Waals surface area contributed by atoms with Crippen molar-refractivity contribution in [3.8, 4) is 23.0 Å². The molecule has 0 radical (unpaired) electrons. The van der Waals surface area contributed by atoms with Crippen LogP contribution >= 0.6 is 22.6 Å². The first-order chi connectivity index (χ1) is 15.5. The third kappa shape index (κ3) is 5.78. The SMILES string of the molecule is COc1cc2c(cc1OC)CN(CCCCNC(=O)c1cc([124I])cc(OC)c1OC)CC2. The lowest BCUT2D eigenvalue weighted by molar-refractivity contribution is 0.0948. The zero-order valence-electron chi connectivity index (χ0n) is 19.1. The third-order valence-electron chi connectivity index (χ3n) is 5.67. The van der Waals surface area contributed by atoms with E-state index >= 15 is 0 Å². The molecule has 0 atom stereocenters. The minimum atomic E-state index is -0.147. The molecule has 0 saturated carbocycles. The van der Waals surface area contributed by atoms with Gasteiger partial charge in [-0.1, -0.05) is 0 Å². The number of ether oxygens (including phenoxy) is 4. The van der Waals surface area contributed by atoms with Gasteiger partial charge in [0.15, 0.2) is 23.0 Å².